The minimum Gasteiger partial charge on any atom is -0.378 e. The van der Waals surface area contributed by atoms with E-state index in [0.29, 0.717) is 32.0 Å². The Balaban J connectivity index is 1.58. The zero-order valence-corrected chi connectivity index (χ0v) is 20.6. The Bertz CT molecular complexity index is 1120. The van der Waals surface area contributed by atoms with Gasteiger partial charge in [0.15, 0.2) is 11.6 Å². The summed E-state index contributed by atoms with van der Waals surface area (Å²) >= 11 is 0. The van der Waals surface area contributed by atoms with E-state index in [-0.39, 0.29) is 34.7 Å². The minimum atomic E-state index is -0.768. The molecule has 2 amide bonds. The van der Waals surface area contributed by atoms with Crippen LogP contribution in [0.2, 0.25) is 0 Å². The second-order valence-electron chi connectivity index (χ2n) is 9.08. The monoisotopic (exact) mass is 496 g/mol. The maximum atomic E-state index is 15.3. The van der Waals surface area contributed by atoms with Gasteiger partial charge in [-0.05, 0) is 56.5 Å². The third-order valence-corrected chi connectivity index (χ3v) is 6.62. The van der Waals surface area contributed by atoms with Gasteiger partial charge in [-0.2, -0.15) is 0 Å². The molecular weight excluding hydrogens is 463 g/mol. The summed E-state index contributed by atoms with van der Waals surface area (Å²) in [4.78, 5) is 32.8. The molecular formula is C26H33FN6O3. The molecule has 1 atom stereocenters. The van der Waals surface area contributed by atoms with Crippen molar-refractivity contribution in [3.05, 3.63) is 53.9 Å². The molecule has 4 rings (SSSR count). The fourth-order valence-electron chi connectivity index (χ4n) is 4.67. The van der Waals surface area contributed by atoms with Gasteiger partial charge in [-0.1, -0.05) is 6.58 Å². The highest BCUT2D eigenvalue weighted by Gasteiger charge is 2.25. The molecule has 2 aromatic rings. The van der Waals surface area contributed by atoms with Gasteiger partial charge in [-0.3, -0.25) is 9.59 Å². The first-order valence-corrected chi connectivity index (χ1v) is 12.2. The molecule has 0 bridgehead atoms. The highest BCUT2D eigenvalue weighted by molar-refractivity contribution is 6.00. The fourth-order valence-corrected chi connectivity index (χ4v) is 4.67. The van der Waals surface area contributed by atoms with Crippen LogP contribution in [0.15, 0.2) is 36.9 Å². The second kappa shape index (κ2) is 11.4. The van der Waals surface area contributed by atoms with Gasteiger partial charge in [-0.25, -0.2) is 9.37 Å². The highest BCUT2D eigenvalue weighted by Crippen LogP contribution is 2.30. The Kier molecular flexibility index (Phi) is 8.04. The van der Waals surface area contributed by atoms with Crippen molar-refractivity contribution in [2.45, 2.75) is 32.2 Å². The Labute approximate surface area is 210 Å². The second-order valence-corrected chi connectivity index (χ2v) is 9.08. The van der Waals surface area contributed by atoms with E-state index in [1.807, 2.05) is 24.3 Å². The van der Waals surface area contributed by atoms with Gasteiger partial charge >= 0.3 is 0 Å². The molecule has 2 fully saturated rings. The summed E-state index contributed by atoms with van der Waals surface area (Å²) in [5, 5.41) is 6.30. The van der Waals surface area contributed by atoms with Gasteiger partial charge in [0.2, 0.25) is 5.91 Å². The quantitative estimate of drug-likeness (QED) is 0.505. The number of benzene rings is 1. The first-order chi connectivity index (χ1) is 17.4. The lowest BCUT2D eigenvalue weighted by Gasteiger charge is -2.29. The first kappa shape index (κ1) is 25.4. The average Bonchev–Trinajstić information content (AvgIpc) is 3.13. The molecule has 1 aromatic heterocycles. The number of amides is 2. The molecule has 2 aliphatic heterocycles. The number of likely N-dealkylation sites (tertiary alicyclic amines) is 1. The number of carbonyl (C=O) groups is 2. The van der Waals surface area contributed by atoms with Crippen molar-refractivity contribution < 1.29 is 18.7 Å². The number of morpholine rings is 1. The van der Waals surface area contributed by atoms with Crippen molar-refractivity contribution in [3.63, 3.8) is 0 Å². The van der Waals surface area contributed by atoms with Gasteiger partial charge in [0.25, 0.3) is 5.91 Å². The van der Waals surface area contributed by atoms with E-state index in [2.05, 4.69) is 27.1 Å². The van der Waals surface area contributed by atoms with Crippen LogP contribution in [0.4, 0.5) is 27.4 Å². The normalized spacial score (nSPS) is 18.3. The van der Waals surface area contributed by atoms with E-state index >= 15 is 4.39 Å². The largest absolute Gasteiger partial charge is 0.378 e. The number of hydrogen-bond donors (Lipinski definition) is 3. The Hall–Kier alpha value is -3.66. The SMILES string of the molecule is C=CC(=O)N1CCCC[C@@H](Nc2nc(Nc3ccc(N4CCOCC4)cc3)c(C(N)=O)c(C)c2F)C1. The average molecular weight is 497 g/mol. The smallest absolute Gasteiger partial charge is 0.252 e. The van der Waals surface area contributed by atoms with Gasteiger partial charge < -0.3 is 30.9 Å². The summed E-state index contributed by atoms with van der Waals surface area (Å²) < 4.78 is 20.7. The Morgan fingerprint density at radius 1 is 1.17 bits per heavy atom. The third-order valence-electron chi connectivity index (χ3n) is 6.62. The number of rotatable bonds is 7. The van der Waals surface area contributed by atoms with Crippen molar-refractivity contribution >= 4 is 34.8 Å². The highest BCUT2D eigenvalue weighted by atomic mass is 19.1. The lowest BCUT2D eigenvalue weighted by molar-refractivity contribution is -0.126. The van der Waals surface area contributed by atoms with Gasteiger partial charge in [0, 0.05) is 49.2 Å². The van der Waals surface area contributed by atoms with Crippen LogP contribution in [0.5, 0.6) is 0 Å². The summed E-state index contributed by atoms with van der Waals surface area (Å²) in [7, 11) is 0. The van der Waals surface area contributed by atoms with Crippen LogP contribution in [0.25, 0.3) is 0 Å². The van der Waals surface area contributed by atoms with Crippen LogP contribution in [-0.2, 0) is 9.53 Å². The van der Waals surface area contributed by atoms with Crippen LogP contribution in [0, 0.1) is 12.7 Å². The van der Waals surface area contributed by atoms with E-state index in [1.165, 1.54) is 13.0 Å². The molecule has 192 valence electrons. The number of nitrogens with zero attached hydrogens (tertiary/aromatic N) is 3. The van der Waals surface area contributed by atoms with Crippen LogP contribution >= 0.6 is 0 Å². The summed E-state index contributed by atoms with van der Waals surface area (Å²) in [6.07, 6.45) is 3.80. The van der Waals surface area contributed by atoms with E-state index in [1.54, 1.807) is 4.90 Å². The molecule has 2 aliphatic rings. The minimum absolute atomic E-state index is 0.000339. The number of pyridine rings is 1. The summed E-state index contributed by atoms with van der Waals surface area (Å²) in [5.74, 6) is -1.36. The zero-order chi connectivity index (χ0) is 25.7. The van der Waals surface area contributed by atoms with Crippen molar-refractivity contribution in [2.75, 3.05) is 54.9 Å². The number of aromatic nitrogens is 1. The predicted octanol–water partition coefficient (Wildman–Crippen LogP) is 3.19. The van der Waals surface area contributed by atoms with Crippen molar-refractivity contribution in [2.24, 2.45) is 5.73 Å². The van der Waals surface area contributed by atoms with E-state index in [4.69, 9.17) is 10.5 Å². The summed E-state index contributed by atoms with van der Waals surface area (Å²) in [5.41, 5.74) is 7.47. The molecule has 1 aromatic carbocycles. The van der Waals surface area contributed by atoms with Crippen molar-refractivity contribution in [1.29, 1.82) is 0 Å². The third kappa shape index (κ3) is 5.76. The standard InChI is InChI=1S/C26H33FN6O3/c1-3-21(34)33-11-5-4-6-19(16-33)30-26-23(27)17(2)22(24(28)35)25(31-26)29-18-7-9-20(10-8-18)32-12-14-36-15-13-32/h3,7-10,19H,1,4-6,11-16H2,2H3,(H2,28,35)(H2,29,30,31)/t19-/m1/s1. The number of anilines is 4. The molecule has 2 saturated heterocycles. The number of primary amides is 1. The topological polar surface area (TPSA) is 113 Å². The lowest BCUT2D eigenvalue weighted by atomic mass is 10.1. The van der Waals surface area contributed by atoms with Gasteiger partial charge in [0.1, 0.15) is 5.82 Å². The molecule has 0 radical (unpaired) electrons. The number of hydrogen-bond acceptors (Lipinski definition) is 7. The Morgan fingerprint density at radius 2 is 1.89 bits per heavy atom. The number of nitrogens with one attached hydrogen (secondary N) is 2. The maximum Gasteiger partial charge on any atom is 0.252 e. The first-order valence-electron chi connectivity index (χ1n) is 12.2. The molecule has 0 spiro atoms. The molecule has 9 nitrogen and oxygen atoms in total. The summed E-state index contributed by atoms with van der Waals surface area (Å²) in [6, 6.07) is 7.52. The van der Waals surface area contributed by atoms with Crippen LogP contribution < -0.4 is 21.3 Å². The van der Waals surface area contributed by atoms with Crippen molar-refractivity contribution in [3.8, 4) is 0 Å². The molecule has 0 saturated carbocycles. The van der Waals surface area contributed by atoms with Crippen molar-refractivity contribution in [1.82, 2.24) is 9.88 Å². The van der Waals surface area contributed by atoms with Gasteiger partial charge in [-0.15, -0.1) is 0 Å². The molecule has 4 N–H and O–H groups in total. The van der Waals surface area contributed by atoms with E-state index in [9.17, 15) is 9.59 Å². The number of nitrogens with two attached hydrogens (primary N) is 1. The van der Waals surface area contributed by atoms with Gasteiger partial charge in [0.05, 0.1) is 18.8 Å². The molecule has 0 unspecified atom stereocenters. The number of halogens is 1. The maximum absolute atomic E-state index is 15.3. The predicted molar refractivity (Wildman–Crippen MR) is 138 cm³/mol. The Morgan fingerprint density at radius 3 is 2.56 bits per heavy atom. The molecule has 10 heteroatoms. The zero-order valence-electron chi connectivity index (χ0n) is 20.6. The molecule has 36 heavy (non-hydrogen) atoms. The molecule has 0 aliphatic carbocycles. The number of ether oxygens (including phenoxy) is 1. The fraction of sp³-hybridized carbons (Fsp3) is 0.423. The summed E-state index contributed by atoms with van der Waals surface area (Å²) in [6.45, 7) is 9.15. The van der Waals surface area contributed by atoms with Crippen LogP contribution in [0.1, 0.15) is 35.2 Å². The van der Waals surface area contributed by atoms with Crippen LogP contribution in [0.3, 0.4) is 0 Å². The van der Waals surface area contributed by atoms with Crippen LogP contribution in [-0.4, -0.2) is 67.1 Å². The van der Waals surface area contributed by atoms with E-state index < -0.39 is 11.7 Å². The molecule has 3 heterocycles. The lowest BCUT2D eigenvalue weighted by Crippen LogP contribution is -2.38. The van der Waals surface area contributed by atoms with E-state index in [0.717, 1.165) is 38.0 Å². The number of carbonyl (C=O) groups excluding carboxylic acids is 2.